The molecule has 1 unspecified atom stereocenters. The van der Waals surface area contributed by atoms with Gasteiger partial charge in [-0.2, -0.15) is 0 Å². The van der Waals surface area contributed by atoms with E-state index in [0.717, 1.165) is 19.3 Å². The summed E-state index contributed by atoms with van der Waals surface area (Å²) in [6.07, 6.45) is 5.14. The number of unbranched alkanes of at least 4 members (excludes halogenated alkanes) is 1. The van der Waals surface area contributed by atoms with E-state index >= 15 is 0 Å². The second-order valence-corrected chi connectivity index (χ2v) is 4.33. The number of hydrogen-bond acceptors (Lipinski definition) is 2. The van der Waals surface area contributed by atoms with E-state index in [9.17, 15) is 9.59 Å². The minimum atomic E-state index is -1.06. The first-order chi connectivity index (χ1) is 8.43. The standard InChI is InChI=1S/C14H22O4/c1-4-6-8-11(10(3)13(15)16)9-12(7-5-2)14(17)18/h9,11H,3-8H2,1-2H3,(H,15,16)(H,17,18). The fourth-order valence-electron chi connectivity index (χ4n) is 1.71. The molecule has 0 fully saturated rings. The summed E-state index contributed by atoms with van der Waals surface area (Å²) in [6, 6.07) is 0. The first kappa shape index (κ1) is 16.4. The molecule has 0 rings (SSSR count). The van der Waals surface area contributed by atoms with Gasteiger partial charge in [0.1, 0.15) is 0 Å². The maximum Gasteiger partial charge on any atom is 0.331 e. The number of carbonyl (C=O) groups is 2. The van der Waals surface area contributed by atoms with Gasteiger partial charge in [0.15, 0.2) is 0 Å². The third kappa shape index (κ3) is 5.66. The fourth-order valence-corrected chi connectivity index (χ4v) is 1.71. The molecule has 4 nitrogen and oxygen atoms in total. The number of aliphatic carboxylic acids is 2. The molecule has 0 spiro atoms. The SMILES string of the molecule is C=C(C(=O)O)C(C=C(CCC)C(=O)O)CCCC. The van der Waals surface area contributed by atoms with Crippen molar-refractivity contribution in [3.05, 3.63) is 23.8 Å². The molecule has 1 atom stereocenters. The zero-order chi connectivity index (χ0) is 14.1. The smallest absolute Gasteiger partial charge is 0.331 e. The summed E-state index contributed by atoms with van der Waals surface area (Å²) in [5.41, 5.74) is 0.347. The van der Waals surface area contributed by atoms with E-state index in [0.29, 0.717) is 12.8 Å². The van der Waals surface area contributed by atoms with Crippen molar-refractivity contribution in [2.24, 2.45) is 5.92 Å². The Bertz CT molecular complexity index is 342. The molecule has 18 heavy (non-hydrogen) atoms. The quantitative estimate of drug-likeness (QED) is 0.619. The van der Waals surface area contributed by atoms with Crippen LogP contribution >= 0.6 is 0 Å². The van der Waals surface area contributed by atoms with Crippen LogP contribution in [0.15, 0.2) is 23.8 Å². The molecule has 0 bridgehead atoms. The van der Waals surface area contributed by atoms with E-state index < -0.39 is 11.9 Å². The number of hydrogen-bond donors (Lipinski definition) is 2. The van der Waals surface area contributed by atoms with Gasteiger partial charge in [-0.3, -0.25) is 0 Å². The van der Waals surface area contributed by atoms with Crippen molar-refractivity contribution in [3.8, 4) is 0 Å². The third-order valence-electron chi connectivity index (χ3n) is 2.79. The van der Waals surface area contributed by atoms with Crippen molar-refractivity contribution < 1.29 is 19.8 Å². The highest BCUT2D eigenvalue weighted by Gasteiger charge is 2.18. The summed E-state index contributed by atoms with van der Waals surface area (Å²) in [7, 11) is 0. The fraction of sp³-hybridized carbons (Fsp3) is 0.571. The van der Waals surface area contributed by atoms with Crippen molar-refractivity contribution in [3.63, 3.8) is 0 Å². The summed E-state index contributed by atoms with van der Waals surface area (Å²) >= 11 is 0. The highest BCUT2D eigenvalue weighted by atomic mass is 16.4. The van der Waals surface area contributed by atoms with E-state index in [4.69, 9.17) is 10.2 Å². The average Bonchev–Trinajstić information content (AvgIpc) is 2.31. The second-order valence-electron chi connectivity index (χ2n) is 4.33. The van der Waals surface area contributed by atoms with Gasteiger partial charge >= 0.3 is 11.9 Å². The van der Waals surface area contributed by atoms with Gasteiger partial charge in [0.05, 0.1) is 0 Å². The number of allylic oxidation sites excluding steroid dienone is 1. The summed E-state index contributed by atoms with van der Waals surface area (Å²) in [5.74, 6) is -2.43. The topological polar surface area (TPSA) is 74.6 Å². The highest BCUT2D eigenvalue weighted by molar-refractivity contribution is 5.89. The van der Waals surface area contributed by atoms with Gasteiger partial charge in [-0.15, -0.1) is 0 Å². The van der Waals surface area contributed by atoms with E-state index in [1.807, 2.05) is 13.8 Å². The Morgan fingerprint density at radius 1 is 1.17 bits per heavy atom. The molecule has 0 saturated heterocycles. The van der Waals surface area contributed by atoms with Crippen LogP contribution in [0.1, 0.15) is 46.0 Å². The van der Waals surface area contributed by atoms with E-state index in [-0.39, 0.29) is 17.1 Å². The molecule has 0 aliphatic heterocycles. The van der Waals surface area contributed by atoms with Crippen molar-refractivity contribution in [2.45, 2.75) is 46.0 Å². The third-order valence-corrected chi connectivity index (χ3v) is 2.79. The maximum atomic E-state index is 11.0. The van der Waals surface area contributed by atoms with Crippen LogP contribution in [-0.2, 0) is 9.59 Å². The lowest BCUT2D eigenvalue weighted by Crippen LogP contribution is -2.12. The summed E-state index contributed by atoms with van der Waals surface area (Å²) in [5, 5.41) is 18.0. The Morgan fingerprint density at radius 2 is 1.78 bits per heavy atom. The zero-order valence-corrected chi connectivity index (χ0v) is 11.1. The van der Waals surface area contributed by atoms with Crippen LogP contribution in [0, 0.1) is 5.92 Å². The number of carboxylic acids is 2. The molecule has 0 aromatic heterocycles. The molecule has 0 aliphatic rings. The molecular formula is C14H22O4. The zero-order valence-electron chi connectivity index (χ0n) is 11.1. The molecule has 102 valence electrons. The Kier molecular flexibility index (Phi) is 7.76. The summed E-state index contributed by atoms with van der Waals surface area (Å²) < 4.78 is 0. The Labute approximate surface area is 108 Å². The van der Waals surface area contributed by atoms with E-state index in [1.54, 1.807) is 6.08 Å². The molecule has 0 aromatic rings. The first-order valence-corrected chi connectivity index (χ1v) is 6.30. The van der Waals surface area contributed by atoms with Crippen molar-refractivity contribution in [1.29, 1.82) is 0 Å². The summed E-state index contributed by atoms with van der Waals surface area (Å²) in [4.78, 5) is 22.0. The van der Waals surface area contributed by atoms with Crippen molar-refractivity contribution >= 4 is 11.9 Å². The molecule has 4 heteroatoms. The Morgan fingerprint density at radius 3 is 2.17 bits per heavy atom. The largest absolute Gasteiger partial charge is 0.478 e. The highest BCUT2D eigenvalue weighted by Crippen LogP contribution is 2.22. The van der Waals surface area contributed by atoms with Gasteiger partial charge in [0.25, 0.3) is 0 Å². The lowest BCUT2D eigenvalue weighted by molar-refractivity contribution is -0.134. The van der Waals surface area contributed by atoms with Gasteiger partial charge < -0.3 is 10.2 Å². The van der Waals surface area contributed by atoms with Crippen LogP contribution in [0.4, 0.5) is 0 Å². The number of rotatable bonds is 9. The van der Waals surface area contributed by atoms with Crippen LogP contribution in [-0.4, -0.2) is 22.2 Å². The molecule has 0 aromatic carbocycles. The van der Waals surface area contributed by atoms with E-state index in [2.05, 4.69) is 6.58 Å². The van der Waals surface area contributed by atoms with Crippen LogP contribution in [0.2, 0.25) is 0 Å². The summed E-state index contributed by atoms with van der Waals surface area (Å²) in [6.45, 7) is 7.44. The predicted molar refractivity (Wildman–Crippen MR) is 70.4 cm³/mol. The average molecular weight is 254 g/mol. The van der Waals surface area contributed by atoms with Crippen molar-refractivity contribution in [2.75, 3.05) is 0 Å². The minimum absolute atomic E-state index is 0.0679. The van der Waals surface area contributed by atoms with Gasteiger partial charge in [-0.25, -0.2) is 9.59 Å². The normalized spacial score (nSPS) is 13.1. The van der Waals surface area contributed by atoms with Gasteiger partial charge in [0, 0.05) is 17.1 Å². The maximum absolute atomic E-state index is 11.0. The van der Waals surface area contributed by atoms with Gasteiger partial charge in [0.2, 0.25) is 0 Å². The Balaban J connectivity index is 5.03. The lowest BCUT2D eigenvalue weighted by Gasteiger charge is -2.13. The van der Waals surface area contributed by atoms with Gasteiger partial charge in [-0.1, -0.05) is 45.8 Å². The monoisotopic (exact) mass is 254 g/mol. The lowest BCUT2D eigenvalue weighted by atomic mass is 9.91. The minimum Gasteiger partial charge on any atom is -0.478 e. The molecule has 0 aliphatic carbocycles. The van der Waals surface area contributed by atoms with Crippen LogP contribution in [0.3, 0.4) is 0 Å². The van der Waals surface area contributed by atoms with E-state index in [1.165, 1.54) is 0 Å². The van der Waals surface area contributed by atoms with Crippen LogP contribution < -0.4 is 0 Å². The number of carboxylic acid groups (broad SMARTS) is 2. The predicted octanol–water partition coefficient (Wildman–Crippen LogP) is 3.24. The van der Waals surface area contributed by atoms with Gasteiger partial charge in [-0.05, 0) is 12.8 Å². The van der Waals surface area contributed by atoms with Crippen LogP contribution in [0.5, 0.6) is 0 Å². The molecule has 0 amide bonds. The molecule has 0 heterocycles. The molecule has 0 saturated carbocycles. The second kappa shape index (κ2) is 8.50. The molecule has 2 N–H and O–H groups in total. The van der Waals surface area contributed by atoms with Crippen molar-refractivity contribution in [1.82, 2.24) is 0 Å². The Hall–Kier alpha value is -1.58. The van der Waals surface area contributed by atoms with Crippen LogP contribution in [0.25, 0.3) is 0 Å². The molecule has 0 radical (unpaired) electrons. The first-order valence-electron chi connectivity index (χ1n) is 6.30. The molecular weight excluding hydrogens is 232 g/mol.